The van der Waals surface area contributed by atoms with Crippen LogP contribution in [0.25, 0.3) is 34.2 Å². The number of halogens is 3. The van der Waals surface area contributed by atoms with Crippen molar-refractivity contribution in [1.29, 1.82) is 0 Å². The molecular formula is C60H61F3N42O20. The van der Waals surface area contributed by atoms with Gasteiger partial charge in [-0.2, -0.15) is 13.2 Å². The number of nitrogens with zero attached hydrogens (tertiary/aromatic N) is 36. The summed E-state index contributed by atoms with van der Waals surface area (Å²) >= 11 is 0. The van der Waals surface area contributed by atoms with Crippen LogP contribution in [0.15, 0.2) is 132 Å². The number of esters is 3. The molecule has 0 fully saturated rings. The number of Topliss-reactive ketones (excluding diaryl/α,β-unsaturated/α-hetero) is 3. The minimum absolute atomic E-state index is 0.00387. The molecule has 1 atom stereocenters. The van der Waals surface area contributed by atoms with Crippen molar-refractivity contribution in [3.05, 3.63) is 144 Å². The van der Waals surface area contributed by atoms with Crippen molar-refractivity contribution in [2.75, 3.05) is 58.3 Å². The van der Waals surface area contributed by atoms with Crippen molar-refractivity contribution in [2.45, 2.75) is 86.1 Å². The first-order valence-electron chi connectivity index (χ1n) is 34.9. The van der Waals surface area contributed by atoms with Gasteiger partial charge in [0.25, 0.3) is 0 Å². The molecule has 125 heavy (non-hydrogen) atoms. The van der Waals surface area contributed by atoms with Gasteiger partial charge in [0.05, 0.1) is 12.2 Å². The Bertz CT molecular complexity index is 5820. The molecule has 12 heterocycles. The standard InChI is InChI=1S/C13H10F3N7O3.C12H11N7O3.C11H9N7O3.C9H11N7O5.C9H13N7O3.C6H7N7O3/c14-13(15,16)8-3-1-7(2-4-8)12-18-21-22-23(12)6-17-11-10(9(25)5-24)19-26-20-11;20-6-9(21)10-11(16-22-15-10)13-7-19-12(14-17-18-19)8-4-2-1-3-5-8;19-11(20)8-9(15-21-14-8)12-6-18-10(13-16-17-18)7-4-2-1-3-5-7;1-5(17)19-6(2)20-9(18)7-8(13-21-12-7)10-3-16-4-11-14-15-16;1-2-3-4-18-9(17)7-8(13-19-12-7)10-5-16-6-11-14-15-16;14-1-4(15)5-6(10-16-9-5)7-2-13-3-8-11-12-13/h1-4,24H,5-6H2,(H,17,20);1-5,20H,6-7H2,(H,13,16);1-5H,6H2,(H,12,15)(H,19,20);4,6H,3H2,1-2H3,(H,10,13);6H,2-5H2,1H3,(H,10,13);3,14H,1-2H2,(H,7,10). The molecule has 1 unspecified atom stereocenters. The average molecular weight is 1750 g/mol. The lowest BCUT2D eigenvalue weighted by Crippen LogP contribution is -2.21. The zero-order valence-corrected chi connectivity index (χ0v) is 63.9. The molecule has 10 N–H and O–H groups in total. The number of aromatic carboxylic acids is 1. The number of carbonyl (C=O) groups excluding carboxylic acids is 6. The Morgan fingerprint density at radius 2 is 0.744 bits per heavy atom. The van der Waals surface area contributed by atoms with Crippen LogP contribution in [0.1, 0.15) is 102 Å². The number of carbonyl (C=O) groups is 7. The van der Waals surface area contributed by atoms with Gasteiger partial charge in [0.15, 0.2) is 34.6 Å². The monoisotopic (exact) mass is 1750 g/mol. The van der Waals surface area contributed by atoms with Crippen LogP contribution in [0.5, 0.6) is 0 Å². The fourth-order valence-electron chi connectivity index (χ4n) is 9.06. The lowest BCUT2D eigenvalue weighted by Gasteiger charge is -2.11. The van der Waals surface area contributed by atoms with Crippen molar-refractivity contribution in [2.24, 2.45) is 0 Å². The minimum Gasteiger partial charge on any atom is -0.476 e. The molecule has 0 aliphatic heterocycles. The smallest absolute Gasteiger partial charge is 0.416 e. The molecule has 0 radical (unpaired) electrons. The van der Waals surface area contributed by atoms with E-state index >= 15 is 0 Å². The van der Waals surface area contributed by atoms with E-state index in [0.29, 0.717) is 23.8 Å². The van der Waals surface area contributed by atoms with E-state index in [1.807, 2.05) is 67.6 Å². The Balaban J connectivity index is 0.000000158. The summed E-state index contributed by atoms with van der Waals surface area (Å²) in [5, 5.41) is 159. The number of ketones is 3. The van der Waals surface area contributed by atoms with Crippen molar-refractivity contribution < 1.29 is 109 Å². The van der Waals surface area contributed by atoms with Gasteiger partial charge in [0, 0.05) is 30.5 Å². The van der Waals surface area contributed by atoms with E-state index in [4.69, 9.17) is 29.9 Å². The Labute approximate surface area is 688 Å². The van der Waals surface area contributed by atoms with Crippen LogP contribution in [-0.4, -0.2) is 277 Å². The number of aliphatic hydroxyl groups is 3. The number of tetrazole rings is 6. The first kappa shape index (κ1) is 89.6. The van der Waals surface area contributed by atoms with Gasteiger partial charge in [-0.05, 0) is 143 Å². The summed E-state index contributed by atoms with van der Waals surface area (Å²) in [5.74, 6) is -3.37. The third-order valence-electron chi connectivity index (χ3n) is 14.8. The second-order valence-corrected chi connectivity index (χ2v) is 23.3. The maximum Gasteiger partial charge on any atom is 0.416 e. The van der Waals surface area contributed by atoms with Crippen LogP contribution in [0.2, 0.25) is 0 Å². The van der Waals surface area contributed by atoms with E-state index < -0.39 is 79.1 Å². The number of nitrogens with one attached hydrogen (secondary N) is 6. The normalized spacial score (nSPS) is 10.9. The molecule has 0 saturated heterocycles. The summed E-state index contributed by atoms with van der Waals surface area (Å²) in [6.07, 6.45) is 0.398. The van der Waals surface area contributed by atoms with Gasteiger partial charge in [-0.1, -0.05) is 86.1 Å². The Kier molecular flexibility index (Phi) is 32.5. The average Bonchev–Trinajstić information content (AvgIpc) is 1.34. The third kappa shape index (κ3) is 26.1. The van der Waals surface area contributed by atoms with Gasteiger partial charge in [0.1, 0.15) is 78.8 Å². The second kappa shape index (κ2) is 45.3. The highest BCUT2D eigenvalue weighted by molar-refractivity contribution is 6.00. The van der Waals surface area contributed by atoms with Gasteiger partial charge >= 0.3 is 30.1 Å². The number of carboxylic acids is 1. The number of carboxylic acid groups (broad SMARTS) is 1. The number of aliphatic hydroxyl groups excluding tert-OH is 3. The fraction of sp³-hybridized carbons (Fsp3) is 0.283. The van der Waals surface area contributed by atoms with E-state index in [9.17, 15) is 46.7 Å². The number of aromatic nitrogens is 36. The molecule has 65 heteroatoms. The van der Waals surface area contributed by atoms with Gasteiger partial charge in [0.2, 0.25) is 75.6 Å². The number of ether oxygens (including phenoxy) is 3. The fourth-order valence-corrected chi connectivity index (χ4v) is 9.06. The molecule has 15 aromatic rings. The molecule has 0 saturated carbocycles. The number of rotatable bonds is 35. The molecule has 0 aliphatic carbocycles. The van der Waals surface area contributed by atoms with Crippen LogP contribution >= 0.6 is 0 Å². The highest BCUT2D eigenvalue weighted by Gasteiger charge is 2.31. The van der Waals surface area contributed by atoms with Crippen molar-refractivity contribution >= 4 is 76.1 Å². The van der Waals surface area contributed by atoms with Gasteiger partial charge in [-0.15, -0.1) is 30.6 Å². The first-order valence-corrected chi connectivity index (χ1v) is 34.9. The SMILES string of the molecule is CC(=O)OC(C)OC(=O)c1nonc1NCn1cnnn1.CCCCOC(=O)c1nonc1NCn1cnnn1.O=C(CO)c1nonc1NCn1cnnn1.O=C(CO)c1nonc1NCn1nnnc1-c1ccc(C(F)(F)F)cc1.O=C(CO)c1nonc1NCn1nnnc1-c1ccccc1.O=C(O)c1nonc1NCn1nnnc1-c1ccccc1. The van der Waals surface area contributed by atoms with Crippen LogP contribution in [0.3, 0.4) is 0 Å². The van der Waals surface area contributed by atoms with Crippen molar-refractivity contribution in [3.8, 4) is 34.2 Å². The summed E-state index contributed by atoms with van der Waals surface area (Å²) in [4.78, 5) is 79.2. The molecule has 0 spiro atoms. The number of hydrogen-bond donors (Lipinski definition) is 10. The minimum atomic E-state index is -4.44. The number of benzene rings is 3. The predicted octanol–water partition coefficient (Wildman–Crippen LogP) is -0.980. The maximum atomic E-state index is 12.6. The zero-order chi connectivity index (χ0) is 88.9. The van der Waals surface area contributed by atoms with Gasteiger partial charge in [-0.25, -0.2) is 70.2 Å². The number of hydrogen-bond acceptors (Lipinski definition) is 55. The van der Waals surface area contributed by atoms with Crippen molar-refractivity contribution in [1.82, 2.24) is 183 Å². The van der Waals surface area contributed by atoms with E-state index in [0.717, 1.165) is 36.1 Å². The van der Waals surface area contributed by atoms with Gasteiger partial charge < -0.3 is 66.5 Å². The molecule has 0 amide bonds. The van der Waals surface area contributed by atoms with E-state index in [1.54, 1.807) is 0 Å². The number of anilines is 6. The van der Waals surface area contributed by atoms with E-state index in [1.165, 1.54) is 73.1 Å². The molecule has 0 bridgehead atoms. The highest BCUT2D eigenvalue weighted by atomic mass is 19.4. The molecule has 652 valence electrons. The molecule has 3 aromatic carbocycles. The van der Waals surface area contributed by atoms with Gasteiger partial charge in [-0.3, -0.25) is 19.2 Å². The van der Waals surface area contributed by atoms with Crippen LogP contribution in [-0.2, 0) is 65.2 Å². The Hall–Kier alpha value is -17.7. The largest absolute Gasteiger partial charge is 0.476 e. The molecule has 15 rings (SSSR count). The van der Waals surface area contributed by atoms with E-state index in [2.05, 4.69) is 219 Å². The molecule has 62 nitrogen and oxygen atoms in total. The lowest BCUT2D eigenvalue weighted by molar-refractivity contribution is -0.162. The number of unbranched alkanes of at least 4 members (excludes halogenated alkanes) is 1. The summed E-state index contributed by atoms with van der Waals surface area (Å²) < 4.78 is 87.5. The Morgan fingerprint density at radius 3 is 1.07 bits per heavy atom. The molecule has 12 aromatic heterocycles. The summed E-state index contributed by atoms with van der Waals surface area (Å²) in [5.41, 5.74) is 0.425. The molecular weight excluding hydrogens is 1690 g/mol. The maximum absolute atomic E-state index is 12.6. The van der Waals surface area contributed by atoms with Crippen LogP contribution in [0.4, 0.5) is 48.1 Å². The van der Waals surface area contributed by atoms with Crippen LogP contribution in [0, 0.1) is 0 Å². The predicted molar refractivity (Wildman–Crippen MR) is 389 cm³/mol. The van der Waals surface area contributed by atoms with E-state index in [-0.39, 0.29) is 115 Å². The lowest BCUT2D eigenvalue weighted by atomic mass is 10.1. The van der Waals surface area contributed by atoms with Crippen molar-refractivity contribution in [3.63, 3.8) is 0 Å². The topological polar surface area (TPSA) is 795 Å². The first-order chi connectivity index (χ1) is 60.6. The summed E-state index contributed by atoms with van der Waals surface area (Å²) in [6.45, 7) is 3.58. The number of alkyl halides is 3. The third-order valence-corrected chi connectivity index (χ3v) is 14.8. The quantitative estimate of drug-likeness (QED) is 0.00988. The molecule has 0 aliphatic rings. The van der Waals surface area contributed by atoms with Crippen LogP contribution < -0.4 is 31.9 Å². The second-order valence-electron chi connectivity index (χ2n) is 23.3. The summed E-state index contributed by atoms with van der Waals surface area (Å²) in [7, 11) is 0. The Morgan fingerprint density at radius 1 is 0.416 bits per heavy atom. The zero-order valence-electron chi connectivity index (χ0n) is 63.9. The highest BCUT2D eigenvalue weighted by Crippen LogP contribution is 2.31. The summed E-state index contributed by atoms with van der Waals surface area (Å²) in [6, 6.07) is 23.1.